The van der Waals surface area contributed by atoms with E-state index in [0.717, 1.165) is 42.8 Å². The number of hydrogen-bond acceptors (Lipinski definition) is 4. The first-order valence-corrected chi connectivity index (χ1v) is 8.39. The lowest BCUT2D eigenvalue weighted by molar-refractivity contribution is -0.108. The summed E-state index contributed by atoms with van der Waals surface area (Å²) in [6.45, 7) is 1.68. The molecule has 6 heteroatoms. The minimum atomic E-state index is -0.993. The number of amides is 1. The number of hydrogen-bond donors (Lipinski definition) is 2. The molecular formula is C17H18N2O3S. The number of carbonyl (C=O) groups is 2. The van der Waals surface area contributed by atoms with Gasteiger partial charge in [0.05, 0.1) is 5.69 Å². The molecule has 2 aromatic rings. The molecule has 1 aromatic heterocycles. The van der Waals surface area contributed by atoms with Gasteiger partial charge in [-0.15, -0.1) is 11.3 Å². The molecule has 1 amide bonds. The number of anilines is 1. The maximum absolute atomic E-state index is 11.6. The van der Waals surface area contributed by atoms with Crippen molar-refractivity contribution in [3.05, 3.63) is 41.3 Å². The van der Waals surface area contributed by atoms with Crippen LogP contribution in [0.5, 0.6) is 0 Å². The second-order valence-corrected chi connectivity index (χ2v) is 6.54. The first-order valence-electron chi connectivity index (χ1n) is 7.57. The van der Waals surface area contributed by atoms with Gasteiger partial charge in [0, 0.05) is 10.9 Å². The van der Waals surface area contributed by atoms with Crippen LogP contribution in [0.15, 0.2) is 36.4 Å². The number of aromatic carboxylic acids is 1. The summed E-state index contributed by atoms with van der Waals surface area (Å²) in [5, 5.41) is 12.8. The third-order valence-electron chi connectivity index (χ3n) is 4.06. The molecule has 0 aliphatic carbocycles. The molecule has 0 spiro atoms. The molecule has 1 aromatic carbocycles. The third-order valence-corrected chi connectivity index (χ3v) is 5.22. The summed E-state index contributed by atoms with van der Waals surface area (Å²) in [4.78, 5) is 25.9. The van der Waals surface area contributed by atoms with Crippen molar-refractivity contribution in [3.8, 4) is 10.4 Å². The summed E-state index contributed by atoms with van der Waals surface area (Å²) in [5.74, 6) is -0.993. The van der Waals surface area contributed by atoms with Crippen LogP contribution < -0.4 is 10.2 Å². The van der Waals surface area contributed by atoms with Gasteiger partial charge in [0.15, 0.2) is 0 Å². The molecule has 2 heterocycles. The fourth-order valence-electron chi connectivity index (χ4n) is 2.90. The van der Waals surface area contributed by atoms with E-state index in [1.165, 1.54) is 11.3 Å². The highest BCUT2D eigenvalue weighted by Gasteiger charge is 2.27. The highest BCUT2D eigenvalue weighted by Crippen LogP contribution is 2.37. The Bertz CT molecular complexity index is 693. The van der Waals surface area contributed by atoms with Crippen LogP contribution in [-0.2, 0) is 4.79 Å². The van der Waals surface area contributed by atoms with Gasteiger partial charge in [0.2, 0.25) is 6.41 Å². The number of nitrogens with zero attached hydrogens (tertiary/aromatic N) is 1. The molecule has 1 fully saturated rings. The minimum absolute atomic E-state index is 0.0464. The van der Waals surface area contributed by atoms with E-state index in [1.54, 1.807) is 4.90 Å². The average molecular weight is 330 g/mol. The van der Waals surface area contributed by atoms with Gasteiger partial charge in [-0.1, -0.05) is 30.3 Å². The zero-order valence-electron chi connectivity index (χ0n) is 12.6. The Labute approximate surface area is 138 Å². The quantitative estimate of drug-likeness (QED) is 0.827. The van der Waals surface area contributed by atoms with Crippen molar-refractivity contribution in [1.29, 1.82) is 0 Å². The van der Waals surface area contributed by atoms with E-state index in [1.807, 2.05) is 36.4 Å². The minimum Gasteiger partial charge on any atom is -0.477 e. The van der Waals surface area contributed by atoms with E-state index in [4.69, 9.17) is 0 Å². The number of thiophene rings is 1. The van der Waals surface area contributed by atoms with E-state index in [9.17, 15) is 14.7 Å². The Morgan fingerprint density at radius 3 is 2.57 bits per heavy atom. The maximum Gasteiger partial charge on any atom is 0.348 e. The number of carbonyl (C=O) groups excluding carboxylic acids is 1. The third kappa shape index (κ3) is 3.28. The van der Waals surface area contributed by atoms with Crippen LogP contribution in [-0.4, -0.2) is 36.6 Å². The molecule has 0 saturated carbocycles. The molecule has 0 radical (unpaired) electrons. The van der Waals surface area contributed by atoms with E-state index >= 15 is 0 Å². The number of piperidine rings is 1. The van der Waals surface area contributed by atoms with Crippen LogP contribution >= 0.6 is 11.3 Å². The van der Waals surface area contributed by atoms with Crippen molar-refractivity contribution in [3.63, 3.8) is 0 Å². The predicted molar refractivity (Wildman–Crippen MR) is 91.1 cm³/mol. The monoisotopic (exact) mass is 330 g/mol. The fourth-order valence-corrected chi connectivity index (χ4v) is 3.90. The van der Waals surface area contributed by atoms with Crippen molar-refractivity contribution >= 4 is 29.4 Å². The molecule has 1 saturated heterocycles. The second kappa shape index (κ2) is 6.93. The Balaban J connectivity index is 2.00. The maximum atomic E-state index is 11.6. The molecule has 0 bridgehead atoms. The largest absolute Gasteiger partial charge is 0.477 e. The van der Waals surface area contributed by atoms with E-state index < -0.39 is 5.97 Å². The van der Waals surface area contributed by atoms with Crippen LogP contribution in [0.4, 0.5) is 5.69 Å². The fraction of sp³-hybridized carbons (Fsp3) is 0.294. The van der Waals surface area contributed by atoms with Crippen LogP contribution in [0.2, 0.25) is 0 Å². The lowest BCUT2D eigenvalue weighted by Crippen LogP contribution is -2.42. The molecule has 23 heavy (non-hydrogen) atoms. The standard InChI is InChI=1S/C17H18N2O3S/c20-11-19(13-6-8-18-9-7-13)14-10-15(23-16(14)17(21)22)12-4-2-1-3-5-12/h1-5,10-11,13,18H,6-9H2,(H,21,22). The molecule has 1 aliphatic rings. The van der Waals surface area contributed by atoms with Gasteiger partial charge in [-0.2, -0.15) is 0 Å². The van der Waals surface area contributed by atoms with Gasteiger partial charge in [-0.3, -0.25) is 4.79 Å². The number of nitrogens with one attached hydrogen (secondary N) is 1. The van der Waals surface area contributed by atoms with Crippen molar-refractivity contribution in [1.82, 2.24) is 5.32 Å². The highest BCUT2D eigenvalue weighted by molar-refractivity contribution is 7.18. The van der Waals surface area contributed by atoms with Gasteiger partial charge >= 0.3 is 5.97 Å². The summed E-state index contributed by atoms with van der Waals surface area (Å²) < 4.78 is 0. The lowest BCUT2D eigenvalue weighted by atomic mass is 10.0. The Morgan fingerprint density at radius 2 is 1.96 bits per heavy atom. The first kappa shape index (κ1) is 15.7. The molecule has 5 nitrogen and oxygen atoms in total. The van der Waals surface area contributed by atoms with Crippen LogP contribution in [0.25, 0.3) is 10.4 Å². The summed E-state index contributed by atoms with van der Waals surface area (Å²) in [6.07, 6.45) is 2.42. The van der Waals surface area contributed by atoms with Gasteiger partial charge in [0.1, 0.15) is 4.88 Å². The summed E-state index contributed by atoms with van der Waals surface area (Å²) in [7, 11) is 0. The number of carboxylic acid groups (broad SMARTS) is 1. The van der Waals surface area contributed by atoms with Crippen LogP contribution in [0.1, 0.15) is 22.5 Å². The molecule has 3 rings (SSSR count). The molecule has 0 unspecified atom stereocenters. The van der Waals surface area contributed by atoms with E-state index in [2.05, 4.69) is 5.32 Å². The Morgan fingerprint density at radius 1 is 1.26 bits per heavy atom. The molecule has 120 valence electrons. The number of benzene rings is 1. The molecule has 2 N–H and O–H groups in total. The van der Waals surface area contributed by atoms with Gasteiger partial charge in [0.25, 0.3) is 0 Å². The summed E-state index contributed by atoms with van der Waals surface area (Å²) in [5.41, 5.74) is 1.46. The predicted octanol–water partition coefficient (Wildman–Crippen LogP) is 2.83. The van der Waals surface area contributed by atoms with E-state index in [-0.39, 0.29) is 10.9 Å². The topological polar surface area (TPSA) is 69.6 Å². The number of carboxylic acids is 1. The summed E-state index contributed by atoms with van der Waals surface area (Å²) in [6, 6.07) is 11.5. The summed E-state index contributed by atoms with van der Waals surface area (Å²) >= 11 is 1.21. The SMILES string of the molecule is O=CN(c1cc(-c2ccccc2)sc1C(=O)O)C1CCNCC1. The normalized spacial score (nSPS) is 15.3. The Kier molecular flexibility index (Phi) is 4.73. The van der Waals surface area contributed by atoms with Crippen molar-refractivity contribution in [2.24, 2.45) is 0 Å². The van der Waals surface area contributed by atoms with Crippen molar-refractivity contribution in [2.45, 2.75) is 18.9 Å². The zero-order chi connectivity index (χ0) is 16.2. The van der Waals surface area contributed by atoms with Gasteiger partial charge in [-0.25, -0.2) is 4.79 Å². The average Bonchev–Trinajstić information content (AvgIpc) is 3.03. The molecular weight excluding hydrogens is 312 g/mol. The first-order chi connectivity index (χ1) is 11.2. The zero-order valence-corrected chi connectivity index (χ0v) is 13.4. The highest BCUT2D eigenvalue weighted by atomic mass is 32.1. The Hall–Kier alpha value is -2.18. The van der Waals surface area contributed by atoms with E-state index in [0.29, 0.717) is 5.69 Å². The van der Waals surface area contributed by atoms with Crippen molar-refractivity contribution < 1.29 is 14.7 Å². The van der Waals surface area contributed by atoms with Crippen LogP contribution in [0, 0.1) is 0 Å². The number of rotatable bonds is 5. The second-order valence-electron chi connectivity index (χ2n) is 5.49. The van der Waals surface area contributed by atoms with Crippen LogP contribution in [0.3, 0.4) is 0 Å². The molecule has 0 atom stereocenters. The van der Waals surface area contributed by atoms with Gasteiger partial charge < -0.3 is 15.3 Å². The van der Waals surface area contributed by atoms with Crippen molar-refractivity contribution in [2.75, 3.05) is 18.0 Å². The van der Waals surface area contributed by atoms with Gasteiger partial charge in [-0.05, 0) is 37.6 Å². The lowest BCUT2D eigenvalue weighted by Gasteiger charge is -2.31. The smallest absolute Gasteiger partial charge is 0.348 e. The molecule has 1 aliphatic heterocycles.